The van der Waals surface area contributed by atoms with Gasteiger partial charge in [0.05, 0.1) is 11.3 Å². The average Bonchev–Trinajstić information content (AvgIpc) is 2.69. The lowest BCUT2D eigenvalue weighted by Gasteiger charge is -1.99. The van der Waals surface area contributed by atoms with Crippen LogP contribution in [-0.4, -0.2) is 32.6 Å². The summed E-state index contributed by atoms with van der Waals surface area (Å²) in [6.45, 7) is -0.276. The number of carboxylic acids is 1. The van der Waals surface area contributed by atoms with Crippen LogP contribution in [0.4, 0.5) is 0 Å². The fourth-order valence-electron chi connectivity index (χ4n) is 1.75. The van der Waals surface area contributed by atoms with Gasteiger partial charge in [0.25, 0.3) is 5.56 Å². The largest absolute Gasteiger partial charge is 0.477 e. The Balaban J connectivity index is 2.61. The molecule has 1 aromatic carbocycles. The molecule has 6 nitrogen and oxygen atoms in total. The average molecular weight is 248 g/mol. The number of aromatic nitrogens is 2. The monoisotopic (exact) mass is 248 g/mol. The molecule has 0 fully saturated rings. The standard InChI is InChI=1S/C12H12N2O4/c15-7-6-9-10(12(17)18)13-14(11(9)16)8-4-2-1-3-5-8/h1-5,13,15H,6-7H2,(H,17,18). The van der Waals surface area contributed by atoms with Crippen LogP contribution in [-0.2, 0) is 6.42 Å². The van der Waals surface area contributed by atoms with Gasteiger partial charge < -0.3 is 10.2 Å². The first-order valence-electron chi connectivity index (χ1n) is 5.38. The highest BCUT2D eigenvalue weighted by Crippen LogP contribution is 2.08. The van der Waals surface area contributed by atoms with Gasteiger partial charge in [0.15, 0.2) is 0 Å². The number of para-hydroxylation sites is 1. The third-order valence-electron chi connectivity index (χ3n) is 2.58. The molecular formula is C12H12N2O4. The van der Waals surface area contributed by atoms with Crippen molar-refractivity contribution in [1.82, 2.24) is 9.78 Å². The number of benzene rings is 1. The Morgan fingerprint density at radius 1 is 1.28 bits per heavy atom. The zero-order valence-corrected chi connectivity index (χ0v) is 9.46. The molecule has 0 spiro atoms. The molecule has 6 heteroatoms. The maximum Gasteiger partial charge on any atom is 0.354 e. The molecule has 0 bridgehead atoms. The fraction of sp³-hybridized carbons (Fsp3) is 0.167. The van der Waals surface area contributed by atoms with E-state index in [0.29, 0.717) is 5.69 Å². The van der Waals surface area contributed by atoms with E-state index < -0.39 is 11.5 Å². The molecule has 0 aliphatic heterocycles. The predicted molar refractivity (Wildman–Crippen MR) is 64.1 cm³/mol. The summed E-state index contributed by atoms with van der Waals surface area (Å²) >= 11 is 0. The second-order valence-electron chi connectivity index (χ2n) is 3.72. The van der Waals surface area contributed by atoms with Crippen molar-refractivity contribution in [1.29, 1.82) is 0 Å². The zero-order valence-electron chi connectivity index (χ0n) is 9.46. The molecule has 1 heterocycles. The first-order valence-corrected chi connectivity index (χ1v) is 5.38. The van der Waals surface area contributed by atoms with E-state index in [0.717, 1.165) is 4.68 Å². The van der Waals surface area contributed by atoms with Gasteiger partial charge in [-0.05, 0) is 12.1 Å². The van der Waals surface area contributed by atoms with Crippen LogP contribution < -0.4 is 5.56 Å². The number of hydrogen-bond acceptors (Lipinski definition) is 3. The van der Waals surface area contributed by atoms with Gasteiger partial charge in [-0.3, -0.25) is 9.89 Å². The van der Waals surface area contributed by atoms with E-state index in [2.05, 4.69) is 5.10 Å². The number of hydrogen-bond donors (Lipinski definition) is 3. The zero-order chi connectivity index (χ0) is 13.1. The van der Waals surface area contributed by atoms with Crippen molar-refractivity contribution >= 4 is 5.97 Å². The Hall–Kier alpha value is -2.34. The van der Waals surface area contributed by atoms with Gasteiger partial charge in [0.2, 0.25) is 0 Å². The number of rotatable bonds is 4. The lowest BCUT2D eigenvalue weighted by atomic mass is 10.2. The number of carboxylic acid groups (broad SMARTS) is 1. The van der Waals surface area contributed by atoms with Crippen molar-refractivity contribution in [3.05, 3.63) is 51.9 Å². The quantitative estimate of drug-likeness (QED) is 0.729. The molecule has 18 heavy (non-hydrogen) atoms. The molecule has 0 radical (unpaired) electrons. The molecule has 3 N–H and O–H groups in total. The van der Waals surface area contributed by atoms with Crippen molar-refractivity contribution in [3.63, 3.8) is 0 Å². The highest BCUT2D eigenvalue weighted by atomic mass is 16.4. The van der Waals surface area contributed by atoms with E-state index in [-0.39, 0.29) is 24.3 Å². The number of H-pyrrole nitrogens is 1. The maximum atomic E-state index is 12.0. The second kappa shape index (κ2) is 4.89. The van der Waals surface area contributed by atoms with Crippen LogP contribution in [0.25, 0.3) is 5.69 Å². The molecule has 0 saturated heterocycles. The van der Waals surface area contributed by atoms with E-state index >= 15 is 0 Å². The van der Waals surface area contributed by atoms with Crippen molar-refractivity contribution in [3.8, 4) is 5.69 Å². The van der Waals surface area contributed by atoms with E-state index in [9.17, 15) is 9.59 Å². The minimum absolute atomic E-state index is 0.0107. The molecule has 2 aromatic rings. The van der Waals surface area contributed by atoms with Crippen molar-refractivity contribution in [2.45, 2.75) is 6.42 Å². The number of aromatic carboxylic acids is 1. The van der Waals surface area contributed by atoms with Crippen LogP contribution in [0.15, 0.2) is 35.1 Å². The molecule has 0 aliphatic rings. The normalized spacial score (nSPS) is 10.5. The minimum atomic E-state index is -1.22. The molecule has 94 valence electrons. The van der Waals surface area contributed by atoms with E-state index in [4.69, 9.17) is 10.2 Å². The van der Waals surface area contributed by atoms with E-state index in [1.807, 2.05) is 0 Å². The van der Waals surface area contributed by atoms with E-state index in [1.165, 1.54) is 0 Å². The molecule has 1 aromatic heterocycles. The maximum absolute atomic E-state index is 12.0. The first kappa shape index (κ1) is 12.1. The number of nitrogens with zero attached hydrogens (tertiary/aromatic N) is 1. The van der Waals surface area contributed by atoms with Crippen LogP contribution in [0, 0.1) is 0 Å². The van der Waals surface area contributed by atoms with Gasteiger partial charge in [-0.2, -0.15) is 0 Å². The van der Waals surface area contributed by atoms with Crippen LogP contribution in [0.1, 0.15) is 16.1 Å². The van der Waals surface area contributed by atoms with Gasteiger partial charge in [-0.25, -0.2) is 9.48 Å². The summed E-state index contributed by atoms with van der Waals surface area (Å²) in [7, 11) is 0. The smallest absolute Gasteiger partial charge is 0.354 e. The number of aliphatic hydroxyl groups excluding tert-OH is 1. The van der Waals surface area contributed by atoms with E-state index in [1.54, 1.807) is 30.3 Å². The minimum Gasteiger partial charge on any atom is -0.477 e. The van der Waals surface area contributed by atoms with Gasteiger partial charge in [0.1, 0.15) is 5.69 Å². The Bertz CT molecular complexity index is 613. The summed E-state index contributed by atoms with van der Waals surface area (Å²) in [6, 6.07) is 8.66. The van der Waals surface area contributed by atoms with Crippen LogP contribution >= 0.6 is 0 Å². The molecule has 0 atom stereocenters. The highest BCUT2D eigenvalue weighted by molar-refractivity contribution is 5.87. The summed E-state index contributed by atoms with van der Waals surface area (Å²) in [4.78, 5) is 23.1. The van der Waals surface area contributed by atoms with Crippen LogP contribution in [0.3, 0.4) is 0 Å². The van der Waals surface area contributed by atoms with Crippen molar-refractivity contribution in [2.75, 3.05) is 6.61 Å². The Morgan fingerprint density at radius 3 is 2.50 bits per heavy atom. The first-order chi connectivity index (χ1) is 8.65. The number of aromatic amines is 1. The van der Waals surface area contributed by atoms with Crippen LogP contribution in [0.2, 0.25) is 0 Å². The Labute approximate surface area is 102 Å². The summed E-state index contributed by atoms with van der Waals surface area (Å²) in [5, 5.41) is 20.4. The molecule has 0 amide bonds. The number of carbonyl (C=O) groups is 1. The van der Waals surface area contributed by atoms with Gasteiger partial charge in [0, 0.05) is 13.0 Å². The highest BCUT2D eigenvalue weighted by Gasteiger charge is 2.19. The SMILES string of the molecule is O=C(O)c1[nH]n(-c2ccccc2)c(=O)c1CCO. The number of nitrogens with one attached hydrogen (secondary N) is 1. The number of aliphatic hydroxyl groups is 1. The third kappa shape index (κ3) is 2.05. The Morgan fingerprint density at radius 2 is 1.94 bits per heavy atom. The molecule has 0 unspecified atom stereocenters. The summed E-state index contributed by atoms with van der Waals surface area (Å²) in [5.74, 6) is -1.22. The Kier molecular flexibility index (Phi) is 3.29. The summed E-state index contributed by atoms with van der Waals surface area (Å²) in [5.41, 5.74) is -0.00593. The molecule has 0 saturated carbocycles. The van der Waals surface area contributed by atoms with Crippen molar-refractivity contribution < 1.29 is 15.0 Å². The lowest BCUT2D eigenvalue weighted by Crippen LogP contribution is -2.18. The summed E-state index contributed by atoms with van der Waals surface area (Å²) in [6.07, 6.45) is 0.0107. The molecule has 0 aliphatic carbocycles. The van der Waals surface area contributed by atoms with Crippen LogP contribution in [0.5, 0.6) is 0 Å². The second-order valence-corrected chi connectivity index (χ2v) is 3.72. The third-order valence-corrected chi connectivity index (χ3v) is 2.58. The molecular weight excluding hydrogens is 236 g/mol. The van der Waals surface area contributed by atoms with Gasteiger partial charge in [-0.15, -0.1) is 0 Å². The van der Waals surface area contributed by atoms with Gasteiger partial charge in [-0.1, -0.05) is 18.2 Å². The topological polar surface area (TPSA) is 95.3 Å². The lowest BCUT2D eigenvalue weighted by molar-refractivity contribution is 0.0688. The van der Waals surface area contributed by atoms with Crippen molar-refractivity contribution in [2.24, 2.45) is 0 Å². The molecule has 2 rings (SSSR count). The summed E-state index contributed by atoms with van der Waals surface area (Å²) < 4.78 is 1.16. The fourth-order valence-corrected chi connectivity index (χ4v) is 1.75. The predicted octanol–water partition coefficient (Wildman–Crippen LogP) is 0.399. The van der Waals surface area contributed by atoms with Gasteiger partial charge >= 0.3 is 5.97 Å².